The minimum atomic E-state index is 0. The topological polar surface area (TPSA) is 72.4 Å². The first kappa shape index (κ1) is 16.8. The lowest BCUT2D eigenvalue weighted by Gasteiger charge is -2.31. The molecule has 2 N–H and O–H groups in total. The van der Waals surface area contributed by atoms with Crippen LogP contribution in [0.2, 0.25) is 0 Å². The Labute approximate surface area is 139 Å². The van der Waals surface area contributed by atoms with Gasteiger partial charge in [-0.3, -0.25) is 4.79 Å². The van der Waals surface area contributed by atoms with Crippen LogP contribution >= 0.6 is 23.7 Å². The third kappa shape index (κ3) is 2.98. The second kappa shape index (κ2) is 6.71. The van der Waals surface area contributed by atoms with Crippen LogP contribution in [0.25, 0.3) is 0 Å². The van der Waals surface area contributed by atoms with E-state index in [2.05, 4.69) is 5.16 Å². The number of carbonyl (C=O) groups is 1. The summed E-state index contributed by atoms with van der Waals surface area (Å²) < 4.78 is 5.05. The van der Waals surface area contributed by atoms with E-state index < -0.39 is 0 Å². The van der Waals surface area contributed by atoms with Gasteiger partial charge in [-0.2, -0.15) is 0 Å². The number of carbonyl (C=O) groups excluding carboxylic acids is 1. The Morgan fingerprint density at radius 2 is 2.09 bits per heavy atom. The fourth-order valence-electron chi connectivity index (χ4n) is 2.83. The number of nitrogens with zero attached hydrogens (tertiary/aromatic N) is 2. The lowest BCUT2D eigenvalue weighted by Crippen LogP contribution is -2.38. The summed E-state index contributed by atoms with van der Waals surface area (Å²) in [6.07, 6.45) is 1.81. The number of rotatable bonds is 2. The molecule has 0 spiro atoms. The summed E-state index contributed by atoms with van der Waals surface area (Å²) in [7, 11) is 0. The monoisotopic (exact) mass is 341 g/mol. The first-order valence-electron chi connectivity index (χ1n) is 7.13. The molecule has 0 aromatic carbocycles. The summed E-state index contributed by atoms with van der Waals surface area (Å²) in [4.78, 5) is 15.3. The van der Waals surface area contributed by atoms with Crippen LogP contribution in [-0.2, 0) is 0 Å². The molecule has 0 unspecified atom stereocenters. The highest BCUT2D eigenvalue weighted by Crippen LogP contribution is 2.32. The van der Waals surface area contributed by atoms with Crippen LogP contribution in [0, 0.1) is 13.8 Å². The first-order chi connectivity index (χ1) is 10.1. The summed E-state index contributed by atoms with van der Waals surface area (Å²) in [5, 5.41) is 6.04. The van der Waals surface area contributed by atoms with Gasteiger partial charge in [0.1, 0.15) is 0 Å². The highest BCUT2D eigenvalue weighted by molar-refractivity contribution is 7.12. The van der Waals surface area contributed by atoms with Crippen molar-refractivity contribution in [1.29, 1.82) is 0 Å². The Morgan fingerprint density at radius 3 is 2.59 bits per heavy atom. The second-order valence-electron chi connectivity index (χ2n) is 5.56. The number of nitrogens with two attached hydrogens (primary N) is 1. The highest BCUT2D eigenvalue weighted by atomic mass is 35.5. The van der Waals surface area contributed by atoms with Crippen molar-refractivity contribution in [1.82, 2.24) is 10.1 Å². The maximum atomic E-state index is 12.5. The van der Waals surface area contributed by atoms with Crippen LogP contribution in [0.5, 0.6) is 0 Å². The van der Waals surface area contributed by atoms with E-state index in [9.17, 15) is 4.79 Å². The van der Waals surface area contributed by atoms with Gasteiger partial charge in [-0.1, -0.05) is 5.16 Å². The number of aryl methyl sites for hydroxylation is 1. The maximum absolute atomic E-state index is 12.5. The van der Waals surface area contributed by atoms with Crippen LogP contribution in [0.1, 0.15) is 45.3 Å². The van der Waals surface area contributed by atoms with Gasteiger partial charge in [0.2, 0.25) is 5.88 Å². The molecule has 22 heavy (non-hydrogen) atoms. The Balaban J connectivity index is 0.00000176. The predicted molar refractivity (Wildman–Crippen MR) is 89.8 cm³/mol. The minimum absolute atomic E-state index is 0. The Morgan fingerprint density at radius 1 is 1.41 bits per heavy atom. The Kier molecular flexibility index (Phi) is 5.13. The molecule has 1 fully saturated rings. The first-order valence-corrected chi connectivity index (χ1v) is 8.01. The lowest BCUT2D eigenvalue weighted by molar-refractivity contribution is 0.0715. The number of amides is 1. The number of likely N-dealkylation sites (tertiary alicyclic amines) is 1. The smallest absolute Gasteiger partial charge is 0.264 e. The molecule has 3 rings (SSSR count). The average Bonchev–Trinajstić information content (AvgIpc) is 3.06. The minimum Gasteiger partial charge on any atom is -0.367 e. The van der Waals surface area contributed by atoms with Gasteiger partial charge < -0.3 is 15.2 Å². The van der Waals surface area contributed by atoms with Gasteiger partial charge in [0.05, 0.1) is 10.6 Å². The Hall–Kier alpha value is -1.53. The van der Waals surface area contributed by atoms with Crippen molar-refractivity contribution in [2.24, 2.45) is 0 Å². The Bertz CT molecular complexity index is 660. The van der Waals surface area contributed by atoms with Crippen LogP contribution in [0.4, 0.5) is 5.88 Å². The van der Waals surface area contributed by atoms with Crippen molar-refractivity contribution in [3.05, 3.63) is 33.1 Å². The number of hydrogen-bond acceptors (Lipinski definition) is 5. The molecule has 2 aromatic heterocycles. The summed E-state index contributed by atoms with van der Waals surface area (Å²) in [6, 6.07) is 1.99. The number of hydrogen-bond donors (Lipinski definition) is 1. The zero-order valence-corrected chi connectivity index (χ0v) is 14.3. The number of thiophene rings is 1. The molecular formula is C15H20ClN3O2S. The zero-order chi connectivity index (χ0) is 15.0. The fourth-order valence-corrected chi connectivity index (χ4v) is 3.73. The zero-order valence-electron chi connectivity index (χ0n) is 12.7. The molecule has 1 saturated heterocycles. The van der Waals surface area contributed by atoms with Gasteiger partial charge in [-0.25, -0.2) is 0 Å². The van der Waals surface area contributed by atoms with E-state index in [0.717, 1.165) is 47.6 Å². The van der Waals surface area contributed by atoms with E-state index in [1.165, 1.54) is 11.3 Å². The van der Waals surface area contributed by atoms with Crippen molar-refractivity contribution < 1.29 is 9.32 Å². The maximum Gasteiger partial charge on any atom is 0.264 e. The standard InChI is InChI=1S/C15H19N3O2S.ClH/c1-9-5-8-21-13(9)15(19)18-6-3-11(4-7-18)12-10(2)14(16)20-17-12;/h5,8,11H,3-4,6-7,16H2,1-2H3;1H. The molecule has 1 aliphatic heterocycles. The number of piperidine rings is 1. The molecule has 0 saturated carbocycles. The lowest BCUT2D eigenvalue weighted by atomic mass is 9.91. The molecule has 1 aliphatic rings. The summed E-state index contributed by atoms with van der Waals surface area (Å²) in [5.74, 6) is 0.884. The van der Waals surface area contributed by atoms with Crippen molar-refractivity contribution in [3.63, 3.8) is 0 Å². The van der Waals surface area contributed by atoms with Crippen molar-refractivity contribution in [2.75, 3.05) is 18.8 Å². The molecule has 1 amide bonds. The highest BCUT2D eigenvalue weighted by Gasteiger charge is 2.28. The van der Waals surface area contributed by atoms with Crippen LogP contribution < -0.4 is 5.73 Å². The third-order valence-electron chi connectivity index (χ3n) is 4.22. The predicted octanol–water partition coefficient (Wildman–Crippen LogP) is 3.38. The second-order valence-corrected chi connectivity index (χ2v) is 6.47. The molecule has 0 aliphatic carbocycles. The quantitative estimate of drug-likeness (QED) is 0.908. The van der Waals surface area contributed by atoms with Crippen LogP contribution in [0.15, 0.2) is 16.0 Å². The van der Waals surface area contributed by atoms with Crippen molar-refractivity contribution in [3.8, 4) is 0 Å². The molecule has 0 bridgehead atoms. The van der Waals surface area contributed by atoms with E-state index in [1.807, 2.05) is 30.2 Å². The van der Waals surface area contributed by atoms with E-state index in [1.54, 1.807) is 0 Å². The van der Waals surface area contributed by atoms with E-state index in [-0.39, 0.29) is 18.3 Å². The number of aromatic nitrogens is 1. The normalized spacial score (nSPS) is 15.6. The molecule has 3 heterocycles. The van der Waals surface area contributed by atoms with Crippen molar-refractivity contribution >= 4 is 35.5 Å². The largest absolute Gasteiger partial charge is 0.367 e. The molecular weight excluding hydrogens is 322 g/mol. The summed E-state index contributed by atoms with van der Waals surface area (Å²) in [6.45, 7) is 5.44. The summed E-state index contributed by atoms with van der Waals surface area (Å²) >= 11 is 1.52. The number of nitrogen functional groups attached to an aromatic ring is 1. The van der Waals surface area contributed by atoms with Gasteiger partial charge in [-0.15, -0.1) is 23.7 Å². The van der Waals surface area contributed by atoms with Gasteiger partial charge in [0.15, 0.2) is 0 Å². The molecule has 0 atom stereocenters. The van der Waals surface area contributed by atoms with E-state index >= 15 is 0 Å². The SMILES string of the molecule is Cc1ccsc1C(=O)N1CCC(c2noc(N)c2C)CC1.Cl. The van der Waals surface area contributed by atoms with Gasteiger partial charge in [0.25, 0.3) is 5.91 Å². The van der Waals surface area contributed by atoms with Gasteiger partial charge in [0, 0.05) is 24.6 Å². The number of halogens is 1. The van der Waals surface area contributed by atoms with Crippen LogP contribution in [0.3, 0.4) is 0 Å². The third-order valence-corrected chi connectivity index (χ3v) is 5.23. The fraction of sp³-hybridized carbons (Fsp3) is 0.467. The molecule has 7 heteroatoms. The van der Waals surface area contributed by atoms with Crippen LogP contribution in [-0.4, -0.2) is 29.1 Å². The van der Waals surface area contributed by atoms with Crippen molar-refractivity contribution in [2.45, 2.75) is 32.6 Å². The molecule has 2 aromatic rings. The number of anilines is 1. The average molecular weight is 342 g/mol. The summed E-state index contributed by atoms with van der Waals surface area (Å²) in [5.41, 5.74) is 8.66. The molecule has 5 nitrogen and oxygen atoms in total. The molecule has 0 radical (unpaired) electrons. The van der Waals surface area contributed by atoms with E-state index in [0.29, 0.717) is 11.8 Å². The molecule has 120 valence electrons. The van der Waals surface area contributed by atoms with E-state index in [4.69, 9.17) is 10.3 Å². The van der Waals surface area contributed by atoms with Gasteiger partial charge >= 0.3 is 0 Å². The van der Waals surface area contributed by atoms with Gasteiger partial charge in [-0.05, 0) is 43.7 Å².